The molecular formula is C24H23NO6S. The highest BCUT2D eigenvalue weighted by Gasteiger charge is 2.29. The summed E-state index contributed by atoms with van der Waals surface area (Å²) in [7, 11) is -4.07. The van der Waals surface area contributed by atoms with Crippen molar-refractivity contribution in [1.82, 2.24) is 4.31 Å². The summed E-state index contributed by atoms with van der Waals surface area (Å²) >= 11 is 0. The van der Waals surface area contributed by atoms with Crippen LogP contribution in [0, 0.1) is 0 Å². The molecule has 32 heavy (non-hydrogen) atoms. The Balaban J connectivity index is 2.02. The van der Waals surface area contributed by atoms with Gasteiger partial charge in [0, 0.05) is 13.1 Å². The molecule has 0 atom stereocenters. The molecule has 0 amide bonds. The van der Waals surface area contributed by atoms with Crippen molar-refractivity contribution in [3.05, 3.63) is 90.0 Å². The lowest BCUT2D eigenvalue weighted by Gasteiger charge is -2.20. The zero-order chi connectivity index (χ0) is 23.1. The van der Waals surface area contributed by atoms with E-state index in [-0.39, 0.29) is 34.9 Å². The number of hydrogen-bond acceptors (Lipinski definition) is 6. The molecule has 0 bridgehead atoms. The summed E-state index contributed by atoms with van der Waals surface area (Å²) in [6.45, 7) is 3.78. The number of carbonyl (C=O) groups is 2. The van der Waals surface area contributed by atoms with Gasteiger partial charge in [0.1, 0.15) is 11.5 Å². The van der Waals surface area contributed by atoms with Crippen molar-refractivity contribution < 1.29 is 27.5 Å². The number of sulfonamides is 1. The van der Waals surface area contributed by atoms with Crippen LogP contribution in [0.15, 0.2) is 83.8 Å². The van der Waals surface area contributed by atoms with Gasteiger partial charge in [-0.1, -0.05) is 50.2 Å². The molecule has 7 nitrogen and oxygen atoms in total. The average molecular weight is 454 g/mol. The summed E-state index contributed by atoms with van der Waals surface area (Å²) < 4.78 is 38.4. The minimum atomic E-state index is -4.07. The number of carbonyl (C=O) groups excluding carboxylic acids is 2. The molecule has 0 fully saturated rings. The maximum Gasteiger partial charge on any atom is 0.344 e. The predicted octanol–water partition coefficient (Wildman–Crippen LogP) is 4.16. The monoisotopic (exact) mass is 453 g/mol. The van der Waals surface area contributed by atoms with Crippen LogP contribution in [0.25, 0.3) is 0 Å². The Morgan fingerprint density at radius 1 is 0.750 bits per heavy atom. The Morgan fingerprint density at radius 2 is 1.25 bits per heavy atom. The van der Waals surface area contributed by atoms with Crippen LogP contribution in [0.1, 0.15) is 34.6 Å². The fraction of sp³-hybridized carbons (Fsp3) is 0.167. The van der Waals surface area contributed by atoms with Gasteiger partial charge in [0.25, 0.3) is 0 Å². The van der Waals surface area contributed by atoms with E-state index >= 15 is 0 Å². The van der Waals surface area contributed by atoms with E-state index in [0.29, 0.717) is 5.75 Å². The lowest BCUT2D eigenvalue weighted by atomic mass is 10.1. The molecule has 0 aliphatic rings. The molecule has 0 aliphatic heterocycles. The van der Waals surface area contributed by atoms with Crippen molar-refractivity contribution in [3.63, 3.8) is 0 Å². The Labute approximate surface area is 187 Å². The van der Waals surface area contributed by atoms with Gasteiger partial charge in [-0.3, -0.25) is 0 Å². The molecule has 3 rings (SSSR count). The van der Waals surface area contributed by atoms with Crippen LogP contribution in [0.2, 0.25) is 0 Å². The van der Waals surface area contributed by atoms with Gasteiger partial charge in [-0.15, -0.1) is 0 Å². The number of esters is 2. The lowest BCUT2D eigenvalue weighted by molar-refractivity contribution is 0.0717. The molecule has 0 saturated carbocycles. The molecule has 0 aromatic heterocycles. The number of rotatable bonds is 8. The van der Waals surface area contributed by atoms with E-state index < -0.39 is 22.0 Å². The summed E-state index contributed by atoms with van der Waals surface area (Å²) in [5.41, 5.74) is -0.173. The molecule has 0 unspecified atom stereocenters. The molecule has 0 aliphatic carbocycles. The molecule has 3 aromatic carbocycles. The van der Waals surface area contributed by atoms with Crippen molar-refractivity contribution in [2.24, 2.45) is 0 Å². The molecule has 3 aromatic rings. The normalized spacial score (nSPS) is 11.2. The van der Waals surface area contributed by atoms with Gasteiger partial charge in [-0.25, -0.2) is 18.0 Å². The van der Waals surface area contributed by atoms with Crippen molar-refractivity contribution in [2.75, 3.05) is 13.1 Å². The third-order valence-electron chi connectivity index (χ3n) is 4.67. The number of para-hydroxylation sites is 2. The van der Waals surface area contributed by atoms with E-state index in [9.17, 15) is 18.0 Å². The van der Waals surface area contributed by atoms with Crippen molar-refractivity contribution in [1.29, 1.82) is 0 Å². The van der Waals surface area contributed by atoms with Crippen LogP contribution in [-0.4, -0.2) is 37.8 Å². The first-order valence-corrected chi connectivity index (χ1v) is 11.5. The van der Waals surface area contributed by atoms with Crippen molar-refractivity contribution >= 4 is 22.0 Å². The Kier molecular flexibility index (Phi) is 7.40. The highest BCUT2D eigenvalue weighted by atomic mass is 32.2. The van der Waals surface area contributed by atoms with Gasteiger partial charge >= 0.3 is 11.9 Å². The molecular weight excluding hydrogens is 430 g/mol. The minimum absolute atomic E-state index is 0.00385. The quantitative estimate of drug-likeness (QED) is 0.376. The van der Waals surface area contributed by atoms with Crippen LogP contribution >= 0.6 is 0 Å². The maximum absolute atomic E-state index is 13.3. The largest absolute Gasteiger partial charge is 0.423 e. The van der Waals surface area contributed by atoms with E-state index in [1.54, 1.807) is 74.5 Å². The SMILES string of the molecule is CCN(CC)S(=O)(=O)c1cc(C(=O)Oc2ccccc2)ccc1C(=O)Oc1ccccc1. The Hall–Kier alpha value is -3.49. The lowest BCUT2D eigenvalue weighted by Crippen LogP contribution is -2.32. The minimum Gasteiger partial charge on any atom is -0.423 e. The summed E-state index contributed by atoms with van der Waals surface area (Å²) in [4.78, 5) is 25.1. The number of nitrogens with zero attached hydrogens (tertiary/aromatic N) is 1. The van der Waals surface area contributed by atoms with Crippen LogP contribution in [0.5, 0.6) is 11.5 Å². The zero-order valence-electron chi connectivity index (χ0n) is 17.7. The Bertz CT molecular complexity index is 1190. The number of hydrogen-bond donors (Lipinski definition) is 0. The molecule has 0 spiro atoms. The van der Waals surface area contributed by atoms with Gasteiger partial charge in [0.2, 0.25) is 10.0 Å². The van der Waals surface area contributed by atoms with Gasteiger partial charge < -0.3 is 9.47 Å². The first-order valence-electron chi connectivity index (χ1n) is 10.1. The standard InChI is InChI=1S/C24H23NO6S/c1-3-25(4-2)32(28,29)22-17-18(23(26)30-19-11-7-5-8-12-19)15-16-21(22)24(27)31-20-13-9-6-10-14-20/h5-17H,3-4H2,1-2H3. The smallest absolute Gasteiger partial charge is 0.344 e. The van der Waals surface area contributed by atoms with Gasteiger partial charge in [0.05, 0.1) is 16.0 Å². The van der Waals surface area contributed by atoms with Crippen LogP contribution in [0.4, 0.5) is 0 Å². The third kappa shape index (κ3) is 5.22. The topological polar surface area (TPSA) is 90.0 Å². The molecule has 0 N–H and O–H groups in total. The van der Waals surface area contributed by atoms with Crippen molar-refractivity contribution in [2.45, 2.75) is 18.7 Å². The zero-order valence-corrected chi connectivity index (χ0v) is 18.5. The van der Waals surface area contributed by atoms with Gasteiger partial charge in [0.15, 0.2) is 0 Å². The highest BCUT2D eigenvalue weighted by Crippen LogP contribution is 2.25. The van der Waals surface area contributed by atoms with Crippen LogP contribution in [-0.2, 0) is 10.0 Å². The Morgan fingerprint density at radius 3 is 1.75 bits per heavy atom. The second-order valence-corrected chi connectivity index (χ2v) is 8.61. The molecule has 8 heteroatoms. The first-order chi connectivity index (χ1) is 15.4. The summed E-state index contributed by atoms with van der Waals surface area (Å²) in [5, 5.41) is 0. The van der Waals surface area contributed by atoms with E-state index in [1.807, 2.05) is 0 Å². The maximum atomic E-state index is 13.3. The second kappa shape index (κ2) is 10.2. The van der Waals surface area contributed by atoms with Gasteiger partial charge in [-0.2, -0.15) is 4.31 Å². The molecule has 0 heterocycles. The fourth-order valence-electron chi connectivity index (χ4n) is 3.04. The fourth-order valence-corrected chi connectivity index (χ4v) is 4.70. The molecule has 0 saturated heterocycles. The van der Waals surface area contributed by atoms with Crippen LogP contribution < -0.4 is 9.47 Å². The summed E-state index contributed by atoms with van der Waals surface area (Å²) in [6.07, 6.45) is 0. The highest BCUT2D eigenvalue weighted by molar-refractivity contribution is 7.89. The summed E-state index contributed by atoms with van der Waals surface area (Å²) in [6, 6.07) is 20.5. The third-order valence-corrected chi connectivity index (χ3v) is 6.76. The number of ether oxygens (including phenoxy) is 2. The predicted molar refractivity (Wildman–Crippen MR) is 119 cm³/mol. The van der Waals surface area contributed by atoms with Gasteiger partial charge in [-0.05, 0) is 42.5 Å². The number of benzene rings is 3. The van der Waals surface area contributed by atoms with E-state index in [1.165, 1.54) is 16.4 Å². The average Bonchev–Trinajstić information content (AvgIpc) is 2.80. The molecule has 166 valence electrons. The van der Waals surface area contributed by atoms with Crippen molar-refractivity contribution in [3.8, 4) is 11.5 Å². The van der Waals surface area contributed by atoms with Crippen LogP contribution in [0.3, 0.4) is 0 Å². The second-order valence-electron chi connectivity index (χ2n) is 6.71. The molecule has 0 radical (unpaired) electrons. The van der Waals surface area contributed by atoms with E-state index in [2.05, 4.69) is 0 Å². The summed E-state index contributed by atoms with van der Waals surface area (Å²) in [5.74, 6) is -0.991. The van der Waals surface area contributed by atoms with E-state index in [0.717, 1.165) is 6.07 Å². The first kappa shape index (κ1) is 23.2. The van der Waals surface area contributed by atoms with E-state index in [4.69, 9.17) is 9.47 Å².